The first kappa shape index (κ1) is 22.6. The van der Waals surface area contributed by atoms with Crippen molar-refractivity contribution in [1.29, 1.82) is 5.26 Å². The van der Waals surface area contributed by atoms with Crippen molar-refractivity contribution in [2.75, 3.05) is 0 Å². The maximum Gasteiger partial charge on any atom is 0.162 e. The van der Waals surface area contributed by atoms with E-state index in [1.165, 1.54) is 32.1 Å². The molecule has 4 aliphatic rings. The smallest absolute Gasteiger partial charge is 0.162 e. The largest absolute Gasteiger partial charge is 0.366 e. The monoisotopic (exact) mass is 380 g/mol. The van der Waals surface area contributed by atoms with Gasteiger partial charge in [-0.2, -0.15) is 5.26 Å². The zero-order valence-electron chi connectivity index (χ0n) is 17.4. The molecule has 4 unspecified atom stereocenters. The van der Waals surface area contributed by atoms with Crippen LogP contribution in [-0.2, 0) is 4.74 Å². The van der Waals surface area contributed by atoms with Crippen LogP contribution in [0.2, 0.25) is 0 Å². The van der Waals surface area contributed by atoms with Gasteiger partial charge in [-0.1, -0.05) is 26.7 Å². The van der Waals surface area contributed by atoms with E-state index in [1.54, 1.807) is 0 Å². The standard InChI is InChI=1S/C14H22N2O.C6H12O2.C2H6/c15-8-2-3-11-5-7-14(16)13(9-11)6-1-4-12(10-13)17-14;7-6(8)4-2-1-3-5-6;1-2/h11-12H,1-7,9-10,16H2;7-8H,1-5H2;1-2H3. The second kappa shape index (κ2) is 9.69. The van der Waals surface area contributed by atoms with Gasteiger partial charge in [0, 0.05) is 24.7 Å². The van der Waals surface area contributed by atoms with Crippen molar-refractivity contribution in [1.82, 2.24) is 0 Å². The minimum absolute atomic E-state index is 0.244. The van der Waals surface area contributed by atoms with E-state index >= 15 is 0 Å². The Kier molecular flexibility index (Phi) is 8.12. The molecule has 4 fully saturated rings. The molecule has 4 rings (SSSR count). The van der Waals surface area contributed by atoms with Gasteiger partial charge in [0.25, 0.3) is 0 Å². The van der Waals surface area contributed by atoms with E-state index in [9.17, 15) is 0 Å². The third-order valence-electron chi connectivity index (χ3n) is 7.00. The molecule has 27 heavy (non-hydrogen) atoms. The second-order valence-electron chi connectivity index (χ2n) is 8.85. The van der Waals surface area contributed by atoms with E-state index in [2.05, 4.69) is 6.07 Å². The van der Waals surface area contributed by atoms with Gasteiger partial charge in [-0.05, 0) is 63.7 Å². The zero-order chi connectivity index (χ0) is 20.0. The fraction of sp³-hybridized carbons (Fsp3) is 0.955. The number of hydrogen-bond donors (Lipinski definition) is 3. The molecule has 0 aromatic heterocycles. The minimum atomic E-state index is -1.32. The molecule has 3 saturated carbocycles. The third-order valence-corrected chi connectivity index (χ3v) is 7.00. The van der Waals surface area contributed by atoms with E-state index < -0.39 is 5.79 Å². The molecule has 5 nitrogen and oxygen atoms in total. The lowest BCUT2D eigenvalue weighted by Crippen LogP contribution is -2.56. The minimum Gasteiger partial charge on any atom is -0.366 e. The molecule has 0 radical (unpaired) electrons. The van der Waals surface area contributed by atoms with Crippen LogP contribution in [0.25, 0.3) is 0 Å². The van der Waals surface area contributed by atoms with Crippen LogP contribution in [0.3, 0.4) is 0 Å². The Labute approximate surface area is 165 Å². The predicted molar refractivity (Wildman–Crippen MR) is 106 cm³/mol. The fourth-order valence-electron chi connectivity index (χ4n) is 5.60. The van der Waals surface area contributed by atoms with Gasteiger partial charge < -0.3 is 20.7 Å². The summed E-state index contributed by atoms with van der Waals surface area (Å²) < 4.78 is 6.13. The van der Waals surface area contributed by atoms with Gasteiger partial charge in [-0.25, -0.2) is 0 Å². The molecular formula is C22H40N2O3. The predicted octanol–water partition coefficient (Wildman–Crippen LogP) is 4.36. The number of hydrogen-bond acceptors (Lipinski definition) is 5. The molecule has 4 atom stereocenters. The number of nitriles is 1. The summed E-state index contributed by atoms with van der Waals surface area (Å²) in [6.45, 7) is 4.00. The average Bonchev–Trinajstić information content (AvgIpc) is 2.86. The Hall–Kier alpha value is -0.670. The Morgan fingerprint density at radius 1 is 1.00 bits per heavy atom. The van der Waals surface area contributed by atoms with Gasteiger partial charge in [-0.15, -0.1) is 0 Å². The maximum absolute atomic E-state index is 8.93. The average molecular weight is 381 g/mol. The summed E-state index contributed by atoms with van der Waals surface area (Å²) in [5.41, 5.74) is 6.45. The van der Waals surface area contributed by atoms with Crippen molar-refractivity contribution in [2.45, 2.75) is 121 Å². The van der Waals surface area contributed by atoms with Gasteiger partial charge >= 0.3 is 0 Å². The highest BCUT2D eigenvalue weighted by atomic mass is 16.5. The van der Waals surface area contributed by atoms with E-state index in [0.717, 1.165) is 38.5 Å². The number of nitrogens with zero attached hydrogens (tertiary/aromatic N) is 1. The highest BCUT2D eigenvalue weighted by Gasteiger charge is 2.60. The van der Waals surface area contributed by atoms with Crippen molar-refractivity contribution in [3.63, 3.8) is 0 Å². The molecule has 1 saturated heterocycles. The van der Waals surface area contributed by atoms with Crippen molar-refractivity contribution < 1.29 is 14.9 Å². The highest BCUT2D eigenvalue weighted by molar-refractivity contribution is 5.09. The van der Waals surface area contributed by atoms with Crippen LogP contribution in [0.4, 0.5) is 0 Å². The Bertz CT molecular complexity index is 496. The van der Waals surface area contributed by atoms with E-state index in [1.807, 2.05) is 13.8 Å². The van der Waals surface area contributed by atoms with E-state index in [-0.39, 0.29) is 11.1 Å². The lowest BCUT2D eigenvalue weighted by atomic mass is 9.59. The molecule has 0 amide bonds. The van der Waals surface area contributed by atoms with Crippen LogP contribution in [0.15, 0.2) is 0 Å². The first-order chi connectivity index (χ1) is 12.9. The van der Waals surface area contributed by atoms with E-state index in [0.29, 0.717) is 31.3 Å². The lowest BCUT2D eigenvalue weighted by Gasteiger charge is -2.48. The van der Waals surface area contributed by atoms with Crippen LogP contribution in [0, 0.1) is 22.7 Å². The summed E-state index contributed by atoms with van der Waals surface area (Å²) in [6.07, 6.45) is 14.6. The molecule has 4 N–H and O–H groups in total. The summed E-state index contributed by atoms with van der Waals surface area (Å²) in [5.74, 6) is -0.620. The third kappa shape index (κ3) is 5.44. The summed E-state index contributed by atoms with van der Waals surface area (Å²) in [4.78, 5) is 0. The zero-order valence-corrected chi connectivity index (χ0v) is 17.4. The van der Waals surface area contributed by atoms with Crippen molar-refractivity contribution in [3.05, 3.63) is 0 Å². The maximum atomic E-state index is 8.93. The van der Waals surface area contributed by atoms with Crippen molar-refractivity contribution >= 4 is 0 Å². The van der Waals surface area contributed by atoms with E-state index in [4.69, 9.17) is 25.9 Å². The number of ether oxygens (including phenoxy) is 1. The molecule has 0 aromatic rings. The molecule has 1 aliphatic heterocycles. The first-order valence-corrected chi connectivity index (χ1v) is 11.2. The highest BCUT2D eigenvalue weighted by Crippen LogP contribution is 2.60. The van der Waals surface area contributed by atoms with Crippen LogP contribution < -0.4 is 5.73 Å². The number of aliphatic hydroxyl groups is 2. The van der Waals surface area contributed by atoms with Crippen molar-refractivity contribution in [2.24, 2.45) is 17.1 Å². The van der Waals surface area contributed by atoms with Gasteiger partial charge in [0.05, 0.1) is 12.2 Å². The van der Waals surface area contributed by atoms with Gasteiger partial charge in [0.15, 0.2) is 5.79 Å². The summed E-state index contributed by atoms with van der Waals surface area (Å²) in [5, 5.41) is 26.6. The van der Waals surface area contributed by atoms with Crippen LogP contribution in [0.5, 0.6) is 0 Å². The Morgan fingerprint density at radius 3 is 2.30 bits per heavy atom. The number of rotatable bonds is 2. The SMILES string of the molecule is CC.N#CCCC1CCC2(N)OC3CCCC2(C1)C3.OC1(O)CCCCC1. The van der Waals surface area contributed by atoms with Crippen LogP contribution >= 0.6 is 0 Å². The molecule has 3 aliphatic carbocycles. The van der Waals surface area contributed by atoms with Gasteiger partial charge in [0.1, 0.15) is 5.72 Å². The molecule has 156 valence electrons. The molecular weight excluding hydrogens is 340 g/mol. The Morgan fingerprint density at radius 2 is 1.70 bits per heavy atom. The Balaban J connectivity index is 0.000000220. The van der Waals surface area contributed by atoms with Crippen molar-refractivity contribution in [3.8, 4) is 6.07 Å². The summed E-state index contributed by atoms with van der Waals surface area (Å²) >= 11 is 0. The number of nitrogens with two attached hydrogens (primary N) is 1. The quantitative estimate of drug-likeness (QED) is 0.618. The summed E-state index contributed by atoms with van der Waals surface area (Å²) in [7, 11) is 0. The summed E-state index contributed by atoms with van der Waals surface area (Å²) in [6, 6.07) is 2.27. The topological polar surface area (TPSA) is 99.5 Å². The van der Waals surface area contributed by atoms with Crippen LogP contribution in [-0.4, -0.2) is 27.8 Å². The van der Waals surface area contributed by atoms with Gasteiger partial charge in [0.2, 0.25) is 0 Å². The van der Waals surface area contributed by atoms with Crippen LogP contribution in [0.1, 0.15) is 104 Å². The van der Waals surface area contributed by atoms with Gasteiger partial charge in [-0.3, -0.25) is 0 Å². The molecule has 0 aromatic carbocycles. The number of fused-ring (bicyclic) bond motifs is 1. The molecule has 1 heterocycles. The molecule has 5 heteroatoms. The second-order valence-corrected chi connectivity index (χ2v) is 8.85. The molecule has 2 bridgehead atoms. The molecule has 1 spiro atoms. The normalized spacial score (nSPS) is 39.0. The first-order valence-electron chi connectivity index (χ1n) is 11.2. The fourth-order valence-corrected chi connectivity index (χ4v) is 5.60. The lowest BCUT2D eigenvalue weighted by molar-refractivity contribution is -0.180.